The first-order valence-corrected chi connectivity index (χ1v) is 1.79. The van der Waals surface area contributed by atoms with E-state index >= 15 is 0 Å². The van der Waals surface area contributed by atoms with Crippen LogP contribution in [0.2, 0.25) is 0 Å². The normalized spacial score (nSPS) is 14.1. The topological polar surface area (TPSA) is 66.2 Å². The van der Waals surface area contributed by atoms with Crippen LogP contribution in [0, 0.1) is 5.21 Å². The van der Waals surface area contributed by atoms with E-state index in [1.807, 2.05) is 0 Å². The molecule has 1 unspecified atom stereocenters. The Labute approximate surface area is 40.5 Å². The molecule has 44 valence electrons. The van der Waals surface area contributed by atoms with Gasteiger partial charge in [0.05, 0.1) is 0 Å². The van der Waals surface area contributed by atoms with E-state index in [9.17, 15) is 5.21 Å². The van der Waals surface area contributed by atoms with E-state index in [1.54, 1.807) is 6.92 Å². The molecule has 0 aromatic heterocycles. The summed E-state index contributed by atoms with van der Waals surface area (Å²) in [6.07, 6.45) is 0. The SMILES string of the molecule is CCO[NH+]([O-])OO. The molecule has 0 aliphatic heterocycles. The average molecular weight is 109 g/mol. The van der Waals surface area contributed by atoms with Crippen LogP contribution < -0.4 is 5.39 Å². The van der Waals surface area contributed by atoms with Gasteiger partial charge in [-0.3, -0.25) is 0 Å². The Kier molecular flexibility index (Phi) is 3.86. The van der Waals surface area contributed by atoms with Crippen molar-refractivity contribution in [3.8, 4) is 0 Å². The summed E-state index contributed by atoms with van der Waals surface area (Å²) in [6, 6.07) is 0. The van der Waals surface area contributed by atoms with Gasteiger partial charge in [-0.05, 0) is 17.3 Å². The first kappa shape index (κ1) is 6.80. The predicted octanol–water partition coefficient (Wildman–Crippen LogP) is -1.27. The van der Waals surface area contributed by atoms with E-state index < -0.39 is 5.39 Å². The number of nitrogens with one attached hydrogen (secondary N) is 1. The van der Waals surface area contributed by atoms with Crippen LogP contribution >= 0.6 is 0 Å². The Morgan fingerprint density at radius 1 is 1.86 bits per heavy atom. The summed E-state index contributed by atoms with van der Waals surface area (Å²) in [7, 11) is 0. The van der Waals surface area contributed by atoms with Gasteiger partial charge in [-0.15, -0.1) is 0 Å². The van der Waals surface area contributed by atoms with Crippen molar-refractivity contribution in [1.29, 1.82) is 0 Å². The zero-order valence-corrected chi connectivity index (χ0v) is 3.88. The van der Waals surface area contributed by atoms with Gasteiger partial charge >= 0.3 is 0 Å². The summed E-state index contributed by atoms with van der Waals surface area (Å²) in [4.78, 5) is 7.21. The lowest BCUT2D eigenvalue weighted by molar-refractivity contribution is -1.24. The summed E-state index contributed by atoms with van der Waals surface area (Å²) in [5.74, 6) is 0. The lowest BCUT2D eigenvalue weighted by Gasteiger charge is -2.09. The second-order valence-corrected chi connectivity index (χ2v) is 0.774. The second kappa shape index (κ2) is 3.97. The molecule has 0 saturated carbocycles. The molecule has 2 N–H and O–H groups in total. The van der Waals surface area contributed by atoms with Crippen molar-refractivity contribution in [2.75, 3.05) is 6.61 Å². The molecule has 0 aliphatic carbocycles. The number of rotatable bonds is 3. The van der Waals surface area contributed by atoms with Gasteiger partial charge in [0.25, 0.3) is 0 Å². The van der Waals surface area contributed by atoms with Crippen molar-refractivity contribution >= 4 is 0 Å². The van der Waals surface area contributed by atoms with Gasteiger partial charge in [-0.25, -0.2) is 0 Å². The van der Waals surface area contributed by atoms with E-state index in [2.05, 4.69) is 9.83 Å². The van der Waals surface area contributed by atoms with Gasteiger partial charge in [0, 0.05) is 0 Å². The summed E-state index contributed by atoms with van der Waals surface area (Å²) < 4.78 is 0. The fraction of sp³-hybridized carbons (Fsp3) is 1.00. The third-order valence-electron chi connectivity index (χ3n) is 0.337. The highest BCUT2D eigenvalue weighted by atomic mass is 17.3. The van der Waals surface area contributed by atoms with Crippen LogP contribution in [0.3, 0.4) is 0 Å². The van der Waals surface area contributed by atoms with Crippen LogP contribution in [0.4, 0.5) is 0 Å². The minimum absolute atomic E-state index is 0.208. The fourth-order valence-electron chi connectivity index (χ4n) is 0.144. The van der Waals surface area contributed by atoms with E-state index in [-0.39, 0.29) is 6.61 Å². The van der Waals surface area contributed by atoms with E-state index in [1.165, 1.54) is 0 Å². The molecule has 0 rings (SSSR count). The minimum Gasteiger partial charge on any atom is -0.563 e. The van der Waals surface area contributed by atoms with Gasteiger partial charge in [0.1, 0.15) is 6.61 Å². The molecule has 0 aromatic carbocycles. The lowest BCUT2D eigenvalue weighted by atomic mass is 10.9. The Bertz CT molecular complexity index is 40.7. The fourth-order valence-corrected chi connectivity index (χ4v) is 0.144. The molecule has 5 heteroatoms. The zero-order valence-electron chi connectivity index (χ0n) is 3.88. The zero-order chi connectivity index (χ0) is 5.70. The number of hydrogen-bond donors (Lipinski definition) is 2. The highest BCUT2D eigenvalue weighted by Crippen LogP contribution is 1.51. The van der Waals surface area contributed by atoms with Crippen molar-refractivity contribution < 1.29 is 20.5 Å². The maximum absolute atomic E-state index is 9.72. The van der Waals surface area contributed by atoms with Gasteiger partial charge in [0.15, 0.2) is 0 Å². The second-order valence-electron chi connectivity index (χ2n) is 0.774. The number of hydrogen-bond acceptors (Lipinski definition) is 4. The molecular weight excluding hydrogens is 102 g/mol. The summed E-state index contributed by atoms with van der Waals surface area (Å²) in [5, 5.41) is 16.1. The average Bonchev–Trinajstić information content (AvgIpc) is 1.68. The molecule has 0 saturated heterocycles. The van der Waals surface area contributed by atoms with Crippen LogP contribution in [0.5, 0.6) is 0 Å². The molecule has 0 heterocycles. The molecule has 0 amide bonds. The maximum Gasteiger partial charge on any atom is 0.108 e. The molecule has 0 radical (unpaired) electrons. The van der Waals surface area contributed by atoms with Gasteiger partial charge < -0.3 is 5.21 Å². The van der Waals surface area contributed by atoms with Crippen LogP contribution in [0.25, 0.3) is 0 Å². The molecule has 7 heavy (non-hydrogen) atoms. The first-order valence-electron chi connectivity index (χ1n) is 1.79. The maximum atomic E-state index is 9.72. The number of quaternary nitrogens is 1. The largest absolute Gasteiger partial charge is 0.563 e. The molecule has 1 atom stereocenters. The summed E-state index contributed by atoms with van der Waals surface area (Å²) in [5.41, 5.74) is 0. The van der Waals surface area contributed by atoms with Gasteiger partial charge in [-0.2, -0.15) is 10.1 Å². The standard InChI is InChI=1S/C2H7NO4/c1-2-6-3(4)7-5/h3,5H,2H2,1H3. The highest BCUT2D eigenvalue weighted by Gasteiger charge is 1.88. The Hall–Kier alpha value is -0.200. The summed E-state index contributed by atoms with van der Waals surface area (Å²) in [6.45, 7) is 1.82. The summed E-state index contributed by atoms with van der Waals surface area (Å²) >= 11 is 0. The third kappa shape index (κ3) is 3.64. The molecule has 0 fully saturated rings. The molecule has 0 spiro atoms. The molecule has 0 aliphatic rings. The third-order valence-corrected chi connectivity index (χ3v) is 0.337. The Morgan fingerprint density at radius 3 is 2.57 bits per heavy atom. The molecule has 5 nitrogen and oxygen atoms in total. The van der Waals surface area contributed by atoms with E-state index in [0.29, 0.717) is 0 Å². The van der Waals surface area contributed by atoms with Crippen molar-refractivity contribution in [3.63, 3.8) is 0 Å². The minimum atomic E-state index is -1.07. The van der Waals surface area contributed by atoms with Gasteiger partial charge in [0.2, 0.25) is 0 Å². The first-order chi connectivity index (χ1) is 3.31. The van der Waals surface area contributed by atoms with Crippen molar-refractivity contribution in [1.82, 2.24) is 0 Å². The molecule has 0 aromatic rings. The van der Waals surface area contributed by atoms with Crippen LogP contribution in [-0.2, 0) is 9.83 Å². The van der Waals surface area contributed by atoms with Crippen molar-refractivity contribution in [2.45, 2.75) is 6.92 Å². The van der Waals surface area contributed by atoms with E-state index in [4.69, 9.17) is 5.26 Å². The Balaban J connectivity index is 2.83. The quantitative estimate of drug-likeness (QED) is 0.350. The lowest BCUT2D eigenvalue weighted by Crippen LogP contribution is -3.04. The monoisotopic (exact) mass is 109 g/mol. The Morgan fingerprint density at radius 2 is 2.43 bits per heavy atom. The van der Waals surface area contributed by atoms with E-state index in [0.717, 1.165) is 0 Å². The van der Waals surface area contributed by atoms with Crippen LogP contribution in [-0.4, -0.2) is 11.9 Å². The highest BCUT2D eigenvalue weighted by molar-refractivity contribution is 3.91. The molecular formula is C2H7NO4. The van der Waals surface area contributed by atoms with Crippen LogP contribution in [0.15, 0.2) is 0 Å². The van der Waals surface area contributed by atoms with Crippen molar-refractivity contribution in [2.24, 2.45) is 0 Å². The predicted molar refractivity (Wildman–Crippen MR) is 19.7 cm³/mol. The van der Waals surface area contributed by atoms with Crippen molar-refractivity contribution in [3.05, 3.63) is 5.21 Å². The molecule has 0 bridgehead atoms. The van der Waals surface area contributed by atoms with Crippen LogP contribution in [0.1, 0.15) is 6.92 Å². The smallest absolute Gasteiger partial charge is 0.108 e. The van der Waals surface area contributed by atoms with Gasteiger partial charge in [-0.1, -0.05) is 0 Å².